The van der Waals surface area contributed by atoms with Crippen LogP contribution in [0.2, 0.25) is 0 Å². The summed E-state index contributed by atoms with van der Waals surface area (Å²) in [5.41, 5.74) is -0.307. The van der Waals surface area contributed by atoms with Gasteiger partial charge < -0.3 is 14.7 Å². The summed E-state index contributed by atoms with van der Waals surface area (Å²) in [4.78, 5) is 25.1. The highest BCUT2D eigenvalue weighted by atomic mass is 17.1. The molecule has 0 aromatic heterocycles. The Bertz CT molecular complexity index is 398. The molecule has 0 aliphatic rings. The van der Waals surface area contributed by atoms with Gasteiger partial charge in [-0.2, -0.15) is 0 Å². The summed E-state index contributed by atoms with van der Waals surface area (Å²) < 4.78 is 4.58. The van der Waals surface area contributed by atoms with Gasteiger partial charge in [0.15, 0.2) is 5.75 Å². The highest BCUT2D eigenvalue weighted by molar-refractivity contribution is 5.93. The van der Waals surface area contributed by atoms with Crippen LogP contribution < -0.4 is 9.62 Å². The third-order valence-electron chi connectivity index (χ3n) is 1.54. The molecule has 6 nitrogen and oxygen atoms in total. The second-order valence-corrected chi connectivity index (χ2v) is 2.61. The molecule has 0 unspecified atom stereocenters. The minimum atomic E-state index is -1.31. The van der Waals surface area contributed by atoms with Gasteiger partial charge in [-0.15, -0.1) is 0 Å². The number of carbonyl (C=O) groups is 2. The Kier molecular flexibility index (Phi) is 3.25. The number of aromatic carboxylic acids is 1. The predicted molar refractivity (Wildman–Crippen MR) is 46.0 cm³/mol. The zero-order chi connectivity index (χ0) is 11.4. The Labute approximate surface area is 84.6 Å². The average molecular weight is 211 g/mol. The lowest BCUT2D eigenvalue weighted by Crippen LogP contribution is -2.08. The van der Waals surface area contributed by atoms with E-state index < -0.39 is 11.9 Å². The maximum absolute atomic E-state index is 10.7. The van der Waals surface area contributed by atoms with Crippen molar-refractivity contribution in [3.63, 3.8) is 0 Å². The lowest BCUT2D eigenvalue weighted by atomic mass is 10.2. The summed E-state index contributed by atoms with van der Waals surface area (Å²) >= 11 is 0. The maximum Gasteiger partial charge on any atom is 0.339 e. The molecule has 0 aliphatic heterocycles. The molecule has 0 fully saturated rings. The van der Waals surface area contributed by atoms with Crippen LogP contribution in [0.3, 0.4) is 0 Å². The Hall–Kier alpha value is -2.08. The van der Waals surface area contributed by atoms with Gasteiger partial charge in [-0.1, -0.05) is 6.07 Å². The van der Waals surface area contributed by atoms with Crippen molar-refractivity contribution in [1.29, 1.82) is 0 Å². The molecule has 0 amide bonds. The second kappa shape index (κ2) is 4.43. The van der Waals surface area contributed by atoms with Crippen LogP contribution in [0.1, 0.15) is 17.3 Å². The highest BCUT2D eigenvalue weighted by Gasteiger charge is 2.18. The zero-order valence-corrected chi connectivity index (χ0v) is 7.72. The molecule has 1 aromatic carbocycles. The molecular formula is C9H7O6. The SMILES string of the molecule is CC(=O)Oc1c(O[O])cccc1C(=O)O. The summed E-state index contributed by atoms with van der Waals surface area (Å²) in [6, 6.07) is 3.71. The monoisotopic (exact) mass is 211 g/mol. The molecule has 0 heterocycles. The molecule has 0 saturated heterocycles. The molecule has 1 N–H and O–H groups in total. The van der Waals surface area contributed by atoms with Crippen molar-refractivity contribution >= 4 is 11.9 Å². The van der Waals surface area contributed by atoms with Crippen LogP contribution in [0.15, 0.2) is 18.2 Å². The van der Waals surface area contributed by atoms with Crippen molar-refractivity contribution in [3.8, 4) is 11.5 Å². The maximum atomic E-state index is 10.7. The molecule has 1 radical (unpaired) electrons. The predicted octanol–water partition coefficient (Wildman–Crippen LogP) is 1.03. The minimum absolute atomic E-state index is 0.307. The first-order valence-corrected chi connectivity index (χ1v) is 3.90. The van der Waals surface area contributed by atoms with Gasteiger partial charge in [-0.25, -0.2) is 4.79 Å². The van der Waals surface area contributed by atoms with Crippen LogP contribution in [-0.4, -0.2) is 17.0 Å². The molecule has 0 bridgehead atoms. The van der Waals surface area contributed by atoms with Crippen LogP contribution in [0, 0.1) is 0 Å². The van der Waals surface area contributed by atoms with Crippen molar-refractivity contribution < 1.29 is 29.6 Å². The van der Waals surface area contributed by atoms with E-state index in [2.05, 4.69) is 9.62 Å². The van der Waals surface area contributed by atoms with Crippen LogP contribution in [0.4, 0.5) is 0 Å². The molecule has 15 heavy (non-hydrogen) atoms. The number of ether oxygens (including phenoxy) is 1. The molecule has 0 spiro atoms. The zero-order valence-electron chi connectivity index (χ0n) is 7.72. The van der Waals surface area contributed by atoms with E-state index in [0.717, 1.165) is 6.92 Å². The minimum Gasteiger partial charge on any atom is -0.478 e. The molecule has 0 atom stereocenters. The van der Waals surface area contributed by atoms with Crippen LogP contribution in [0.5, 0.6) is 11.5 Å². The fraction of sp³-hybridized carbons (Fsp3) is 0.111. The number of rotatable bonds is 3. The largest absolute Gasteiger partial charge is 0.478 e. The quantitative estimate of drug-likeness (QED) is 0.349. The smallest absolute Gasteiger partial charge is 0.339 e. The number of hydrogen-bond acceptors (Lipinski definition) is 4. The van der Waals surface area contributed by atoms with Crippen molar-refractivity contribution in [1.82, 2.24) is 0 Å². The van der Waals surface area contributed by atoms with E-state index in [1.165, 1.54) is 18.2 Å². The van der Waals surface area contributed by atoms with Gasteiger partial charge in [-0.05, 0) is 12.1 Å². The Morgan fingerprint density at radius 1 is 1.33 bits per heavy atom. The molecule has 6 heteroatoms. The van der Waals surface area contributed by atoms with E-state index in [1.807, 2.05) is 0 Å². The lowest BCUT2D eigenvalue weighted by Gasteiger charge is -2.07. The summed E-state index contributed by atoms with van der Waals surface area (Å²) in [6.07, 6.45) is 0. The third kappa shape index (κ3) is 2.44. The third-order valence-corrected chi connectivity index (χ3v) is 1.54. The van der Waals surface area contributed by atoms with Gasteiger partial charge >= 0.3 is 11.9 Å². The molecule has 0 aliphatic carbocycles. The van der Waals surface area contributed by atoms with Gasteiger partial charge in [0.2, 0.25) is 5.75 Å². The van der Waals surface area contributed by atoms with Crippen LogP contribution in [-0.2, 0) is 10.1 Å². The summed E-state index contributed by atoms with van der Waals surface area (Å²) in [6.45, 7) is 1.09. The topological polar surface area (TPSA) is 92.7 Å². The first-order chi connectivity index (χ1) is 7.06. The van der Waals surface area contributed by atoms with Gasteiger partial charge in [0, 0.05) is 12.2 Å². The molecule has 1 rings (SSSR count). The van der Waals surface area contributed by atoms with E-state index in [-0.39, 0.29) is 17.1 Å². The number of benzene rings is 1. The average Bonchev–Trinajstić information content (AvgIpc) is 2.16. The molecule has 0 saturated carbocycles. The van der Waals surface area contributed by atoms with Gasteiger partial charge in [0.1, 0.15) is 5.56 Å². The fourth-order valence-electron chi connectivity index (χ4n) is 0.999. The normalized spacial score (nSPS) is 9.47. The molecule has 1 aromatic rings. The first-order valence-electron chi connectivity index (χ1n) is 3.90. The van der Waals surface area contributed by atoms with Crippen molar-refractivity contribution in [2.24, 2.45) is 0 Å². The standard InChI is InChI=1S/C9H7O6/c1-5(10)14-8-6(9(11)12)3-2-4-7(8)15-13/h2-4H,1H3,(H,11,12). The van der Waals surface area contributed by atoms with Crippen LogP contribution in [0.25, 0.3) is 0 Å². The summed E-state index contributed by atoms with van der Waals surface area (Å²) in [7, 11) is 0. The van der Waals surface area contributed by atoms with E-state index in [0.29, 0.717) is 0 Å². The van der Waals surface area contributed by atoms with Gasteiger partial charge in [0.05, 0.1) is 0 Å². The van der Waals surface area contributed by atoms with Gasteiger partial charge in [0.25, 0.3) is 0 Å². The van der Waals surface area contributed by atoms with Gasteiger partial charge in [-0.3, -0.25) is 4.79 Å². The van der Waals surface area contributed by atoms with Crippen molar-refractivity contribution in [2.45, 2.75) is 6.92 Å². The number of carbonyl (C=O) groups excluding carboxylic acids is 1. The van der Waals surface area contributed by atoms with Crippen molar-refractivity contribution in [3.05, 3.63) is 23.8 Å². The second-order valence-electron chi connectivity index (χ2n) is 2.61. The van der Waals surface area contributed by atoms with Crippen molar-refractivity contribution in [2.75, 3.05) is 0 Å². The van der Waals surface area contributed by atoms with E-state index >= 15 is 0 Å². The Morgan fingerprint density at radius 2 is 2.00 bits per heavy atom. The highest BCUT2D eigenvalue weighted by Crippen LogP contribution is 2.31. The van der Waals surface area contributed by atoms with E-state index in [1.54, 1.807) is 0 Å². The van der Waals surface area contributed by atoms with E-state index in [4.69, 9.17) is 5.11 Å². The van der Waals surface area contributed by atoms with E-state index in [9.17, 15) is 14.8 Å². The number of carboxylic acids is 1. The molecular weight excluding hydrogens is 204 g/mol. The fourth-order valence-corrected chi connectivity index (χ4v) is 0.999. The van der Waals surface area contributed by atoms with Crippen LogP contribution >= 0.6 is 0 Å². The number of para-hydroxylation sites is 1. The summed E-state index contributed by atoms with van der Waals surface area (Å²) in [5, 5.41) is 19.0. The summed E-state index contributed by atoms with van der Waals surface area (Å²) in [5.74, 6) is -2.77. The lowest BCUT2D eigenvalue weighted by molar-refractivity contribution is -0.209. The Balaban J connectivity index is 3.26. The Morgan fingerprint density at radius 3 is 2.47 bits per heavy atom. The first kappa shape index (κ1) is 11.0. The number of hydrogen-bond donors (Lipinski definition) is 1. The molecule has 79 valence electrons. The number of carboxylic acid groups (broad SMARTS) is 1. The number of esters is 1.